The molecule has 3 rings (SSSR count). The monoisotopic (exact) mass is 338 g/mol. The van der Waals surface area contributed by atoms with E-state index < -0.39 is 0 Å². The molecule has 0 unspecified atom stereocenters. The minimum absolute atomic E-state index is 0.0773. The Morgan fingerprint density at radius 3 is 2.88 bits per heavy atom. The van der Waals surface area contributed by atoms with E-state index >= 15 is 0 Å². The number of aryl methyl sites for hydroxylation is 1. The molecule has 0 saturated heterocycles. The summed E-state index contributed by atoms with van der Waals surface area (Å²) in [6.45, 7) is 0.203. The number of aromatic nitrogens is 3. The van der Waals surface area contributed by atoms with E-state index in [1.807, 2.05) is 24.3 Å². The van der Waals surface area contributed by atoms with Gasteiger partial charge in [0.2, 0.25) is 17.6 Å². The van der Waals surface area contributed by atoms with E-state index in [-0.39, 0.29) is 12.5 Å². The first kappa shape index (κ1) is 16.6. The minimum Gasteiger partial charge on any atom is -0.497 e. The number of methoxy groups -OCH3 is 1. The topological polar surface area (TPSA) is 90.1 Å². The average Bonchev–Trinajstić information content (AvgIpc) is 3.15. The molecule has 0 saturated carbocycles. The second-order valence-corrected chi connectivity index (χ2v) is 5.38. The van der Waals surface area contributed by atoms with E-state index in [2.05, 4.69) is 20.4 Å². The Hall–Kier alpha value is -3.22. The van der Waals surface area contributed by atoms with Gasteiger partial charge in [-0.05, 0) is 36.2 Å². The third kappa shape index (κ3) is 4.63. The van der Waals surface area contributed by atoms with E-state index in [9.17, 15) is 4.79 Å². The van der Waals surface area contributed by atoms with Crippen LogP contribution in [0.2, 0.25) is 0 Å². The lowest BCUT2D eigenvalue weighted by atomic mass is 10.1. The fraction of sp³-hybridized carbons (Fsp3) is 0.222. The number of nitrogens with zero attached hydrogens (tertiary/aromatic N) is 3. The molecule has 2 heterocycles. The molecule has 0 aliphatic carbocycles. The molecule has 7 heteroatoms. The van der Waals surface area contributed by atoms with Gasteiger partial charge in [-0.25, -0.2) is 0 Å². The van der Waals surface area contributed by atoms with Crippen molar-refractivity contribution in [3.05, 3.63) is 60.2 Å². The number of benzene rings is 1. The first-order valence-electron chi connectivity index (χ1n) is 7.87. The molecule has 0 spiro atoms. The van der Waals surface area contributed by atoms with Crippen molar-refractivity contribution < 1.29 is 14.1 Å². The predicted octanol–water partition coefficient (Wildman–Crippen LogP) is 2.39. The Bertz CT molecular complexity index is 833. The van der Waals surface area contributed by atoms with Crippen molar-refractivity contribution >= 4 is 5.91 Å². The van der Waals surface area contributed by atoms with E-state index in [0.29, 0.717) is 24.6 Å². The molecule has 3 aromatic rings. The van der Waals surface area contributed by atoms with Gasteiger partial charge in [0, 0.05) is 24.4 Å². The molecule has 1 amide bonds. The zero-order chi connectivity index (χ0) is 17.5. The van der Waals surface area contributed by atoms with Crippen molar-refractivity contribution in [2.45, 2.75) is 19.4 Å². The third-order valence-corrected chi connectivity index (χ3v) is 3.62. The Labute approximate surface area is 145 Å². The number of hydrogen-bond acceptors (Lipinski definition) is 6. The van der Waals surface area contributed by atoms with Crippen molar-refractivity contribution in [2.24, 2.45) is 0 Å². The zero-order valence-electron chi connectivity index (χ0n) is 13.8. The maximum Gasteiger partial charge on any atom is 0.246 e. The van der Waals surface area contributed by atoms with Crippen LogP contribution in [0.15, 0.2) is 53.3 Å². The van der Waals surface area contributed by atoms with Crippen LogP contribution < -0.4 is 10.1 Å². The van der Waals surface area contributed by atoms with Crippen LogP contribution in [0.4, 0.5) is 0 Å². The van der Waals surface area contributed by atoms with Crippen LogP contribution in [0.3, 0.4) is 0 Å². The van der Waals surface area contributed by atoms with Gasteiger partial charge in [0.15, 0.2) is 0 Å². The van der Waals surface area contributed by atoms with Gasteiger partial charge in [0.25, 0.3) is 0 Å². The average molecular weight is 338 g/mol. The molecule has 7 nitrogen and oxygen atoms in total. The van der Waals surface area contributed by atoms with Crippen LogP contribution in [0.1, 0.15) is 17.9 Å². The van der Waals surface area contributed by atoms with E-state index in [4.69, 9.17) is 9.26 Å². The van der Waals surface area contributed by atoms with E-state index in [1.54, 1.807) is 31.6 Å². The standard InChI is InChI=1S/C18H18N4O3/c1-24-15-4-2-3-13(11-15)5-6-16(23)20-12-17-21-18(22-25-17)14-7-9-19-10-8-14/h2-4,7-11H,5-6,12H2,1H3,(H,20,23). The molecule has 0 aliphatic heterocycles. The van der Waals surface area contributed by atoms with Gasteiger partial charge < -0.3 is 14.6 Å². The summed E-state index contributed by atoms with van der Waals surface area (Å²) in [6.07, 6.45) is 4.32. The van der Waals surface area contributed by atoms with Crippen LogP contribution in [-0.4, -0.2) is 28.1 Å². The van der Waals surface area contributed by atoms with E-state index in [0.717, 1.165) is 16.9 Å². The van der Waals surface area contributed by atoms with Gasteiger partial charge in [-0.1, -0.05) is 17.3 Å². The summed E-state index contributed by atoms with van der Waals surface area (Å²) in [4.78, 5) is 20.2. The van der Waals surface area contributed by atoms with Crippen molar-refractivity contribution in [2.75, 3.05) is 7.11 Å². The Balaban J connectivity index is 1.48. The second kappa shape index (κ2) is 8.05. The third-order valence-electron chi connectivity index (χ3n) is 3.62. The highest BCUT2D eigenvalue weighted by molar-refractivity contribution is 5.76. The first-order chi connectivity index (χ1) is 12.2. The molecule has 0 aliphatic rings. The van der Waals surface area contributed by atoms with Gasteiger partial charge in [0.1, 0.15) is 5.75 Å². The van der Waals surface area contributed by atoms with Gasteiger partial charge in [0.05, 0.1) is 13.7 Å². The Morgan fingerprint density at radius 1 is 1.24 bits per heavy atom. The molecule has 128 valence electrons. The van der Waals surface area contributed by atoms with Gasteiger partial charge in [-0.15, -0.1) is 0 Å². The first-order valence-corrected chi connectivity index (χ1v) is 7.87. The summed E-state index contributed by atoms with van der Waals surface area (Å²) >= 11 is 0. The smallest absolute Gasteiger partial charge is 0.246 e. The summed E-state index contributed by atoms with van der Waals surface area (Å²) in [5.41, 5.74) is 1.86. The molecule has 0 bridgehead atoms. The lowest BCUT2D eigenvalue weighted by molar-refractivity contribution is -0.121. The van der Waals surface area contributed by atoms with Crippen LogP contribution in [0.5, 0.6) is 5.75 Å². The highest BCUT2D eigenvalue weighted by Crippen LogP contribution is 2.15. The largest absolute Gasteiger partial charge is 0.497 e. The van der Waals surface area contributed by atoms with Crippen molar-refractivity contribution in [3.63, 3.8) is 0 Å². The lowest BCUT2D eigenvalue weighted by Crippen LogP contribution is -2.23. The van der Waals surface area contributed by atoms with Gasteiger partial charge in [-0.3, -0.25) is 9.78 Å². The summed E-state index contributed by atoms with van der Waals surface area (Å²) in [5, 5.41) is 6.68. The Kier molecular flexibility index (Phi) is 5.36. The SMILES string of the molecule is COc1cccc(CCC(=O)NCc2nc(-c3ccncc3)no2)c1. The van der Waals surface area contributed by atoms with Crippen LogP contribution >= 0.6 is 0 Å². The zero-order valence-corrected chi connectivity index (χ0v) is 13.8. The molecule has 1 N–H and O–H groups in total. The fourth-order valence-electron chi connectivity index (χ4n) is 2.29. The quantitative estimate of drug-likeness (QED) is 0.711. The fourth-order valence-corrected chi connectivity index (χ4v) is 2.29. The van der Waals surface area contributed by atoms with Crippen molar-refractivity contribution in [3.8, 4) is 17.1 Å². The molecule has 25 heavy (non-hydrogen) atoms. The maximum absolute atomic E-state index is 12.0. The summed E-state index contributed by atoms with van der Waals surface area (Å²) in [5.74, 6) is 1.54. The second-order valence-electron chi connectivity index (χ2n) is 5.38. The predicted molar refractivity (Wildman–Crippen MR) is 90.7 cm³/mol. The number of carbonyl (C=O) groups is 1. The van der Waals surface area contributed by atoms with Crippen LogP contribution in [0, 0.1) is 0 Å². The number of nitrogens with one attached hydrogen (secondary N) is 1. The molecule has 0 atom stereocenters. The van der Waals surface area contributed by atoms with Crippen LogP contribution in [-0.2, 0) is 17.8 Å². The summed E-state index contributed by atoms with van der Waals surface area (Å²) < 4.78 is 10.3. The highest BCUT2D eigenvalue weighted by Gasteiger charge is 2.10. The molecule has 2 aromatic heterocycles. The lowest BCUT2D eigenvalue weighted by Gasteiger charge is -2.05. The number of rotatable bonds is 7. The minimum atomic E-state index is -0.0773. The summed E-state index contributed by atoms with van der Waals surface area (Å²) in [7, 11) is 1.62. The number of ether oxygens (including phenoxy) is 1. The van der Waals surface area contributed by atoms with Crippen LogP contribution in [0.25, 0.3) is 11.4 Å². The number of carbonyl (C=O) groups excluding carboxylic acids is 1. The summed E-state index contributed by atoms with van der Waals surface area (Å²) in [6, 6.07) is 11.3. The van der Waals surface area contributed by atoms with Crippen molar-refractivity contribution in [1.82, 2.24) is 20.4 Å². The van der Waals surface area contributed by atoms with Gasteiger partial charge in [-0.2, -0.15) is 4.98 Å². The maximum atomic E-state index is 12.0. The molecular formula is C18H18N4O3. The van der Waals surface area contributed by atoms with Gasteiger partial charge >= 0.3 is 0 Å². The number of hydrogen-bond donors (Lipinski definition) is 1. The van der Waals surface area contributed by atoms with E-state index in [1.165, 1.54) is 0 Å². The molecule has 0 fully saturated rings. The molecule has 1 aromatic carbocycles. The van der Waals surface area contributed by atoms with Crippen molar-refractivity contribution in [1.29, 1.82) is 0 Å². The molecular weight excluding hydrogens is 320 g/mol. The number of pyridine rings is 1. The Morgan fingerprint density at radius 2 is 2.08 bits per heavy atom. The molecule has 0 radical (unpaired) electrons. The highest BCUT2D eigenvalue weighted by atomic mass is 16.5. The normalized spacial score (nSPS) is 10.4. The number of amides is 1.